The second-order valence-electron chi connectivity index (χ2n) is 4.65. The van der Waals surface area contributed by atoms with Gasteiger partial charge in [0, 0.05) is 18.8 Å². The van der Waals surface area contributed by atoms with Gasteiger partial charge in [-0.1, -0.05) is 23.5 Å². The summed E-state index contributed by atoms with van der Waals surface area (Å²) in [5, 5.41) is 9.03. The van der Waals surface area contributed by atoms with Crippen LogP contribution in [0.5, 0.6) is 0 Å². The van der Waals surface area contributed by atoms with E-state index in [-0.39, 0.29) is 0 Å². The lowest BCUT2D eigenvalue weighted by Gasteiger charge is -2.20. The summed E-state index contributed by atoms with van der Waals surface area (Å²) in [6.45, 7) is 8.83. The van der Waals surface area contributed by atoms with Crippen molar-refractivity contribution in [2.75, 3.05) is 30.3 Å². The lowest BCUT2D eigenvalue weighted by atomic mass is 10.1. The zero-order chi connectivity index (χ0) is 15.9. The van der Waals surface area contributed by atoms with Gasteiger partial charge in [-0.25, -0.2) is 0 Å². The number of anilines is 2. The summed E-state index contributed by atoms with van der Waals surface area (Å²) in [6.07, 6.45) is 1.97. The topological polar surface area (TPSA) is 64.3 Å². The van der Waals surface area contributed by atoms with Gasteiger partial charge in [0.2, 0.25) is 5.13 Å². The normalized spacial score (nSPS) is 11.5. The first-order valence-corrected chi connectivity index (χ1v) is 8.28. The van der Waals surface area contributed by atoms with Crippen molar-refractivity contribution in [3.8, 4) is 0 Å². The fourth-order valence-electron chi connectivity index (χ4n) is 2.18. The molecule has 2 aromatic rings. The molecule has 0 fully saturated rings. The Morgan fingerprint density at radius 1 is 1.18 bits per heavy atom. The Labute approximate surface area is 135 Å². The number of rotatable bonds is 7. The van der Waals surface area contributed by atoms with Crippen LogP contribution in [0.15, 0.2) is 24.3 Å². The van der Waals surface area contributed by atoms with Crippen molar-refractivity contribution in [3.63, 3.8) is 0 Å². The molecule has 0 radical (unpaired) electrons. The summed E-state index contributed by atoms with van der Waals surface area (Å²) in [5.41, 5.74) is 7.93. The Balaban J connectivity index is 2.25. The van der Waals surface area contributed by atoms with E-state index < -0.39 is 0 Å². The van der Waals surface area contributed by atoms with E-state index in [9.17, 15) is 0 Å². The number of aromatic nitrogens is 2. The molecule has 0 spiro atoms. The lowest BCUT2D eigenvalue weighted by Crippen LogP contribution is -2.21. The molecule has 22 heavy (non-hydrogen) atoms. The molecule has 0 aliphatic heterocycles. The predicted octanol–water partition coefficient (Wildman–Crippen LogP) is 3.50. The predicted molar refractivity (Wildman–Crippen MR) is 93.8 cm³/mol. The number of nitrogen functional groups attached to an aromatic ring is 1. The largest absolute Gasteiger partial charge is 0.491 e. The first kappa shape index (κ1) is 16.3. The molecule has 118 valence electrons. The molecule has 0 saturated carbocycles. The quantitative estimate of drug-likeness (QED) is 0.792. The first-order valence-electron chi connectivity index (χ1n) is 7.46. The van der Waals surface area contributed by atoms with Crippen molar-refractivity contribution >= 4 is 34.0 Å². The van der Waals surface area contributed by atoms with E-state index in [1.807, 2.05) is 13.0 Å². The highest BCUT2D eigenvalue weighted by atomic mass is 32.1. The van der Waals surface area contributed by atoms with E-state index in [1.165, 1.54) is 17.0 Å². The zero-order valence-corrected chi connectivity index (χ0v) is 14.1. The minimum Gasteiger partial charge on any atom is -0.491 e. The van der Waals surface area contributed by atoms with Gasteiger partial charge < -0.3 is 15.4 Å². The Bertz CT molecular complexity index is 617. The van der Waals surface area contributed by atoms with Gasteiger partial charge >= 0.3 is 0 Å². The van der Waals surface area contributed by atoms with Crippen LogP contribution in [-0.4, -0.2) is 29.9 Å². The highest BCUT2D eigenvalue weighted by Crippen LogP contribution is 2.25. The second kappa shape index (κ2) is 7.79. The number of nitrogens with two attached hydrogens (primary N) is 1. The van der Waals surface area contributed by atoms with Gasteiger partial charge in [-0.3, -0.25) is 0 Å². The molecule has 0 aliphatic carbocycles. The van der Waals surface area contributed by atoms with Crippen LogP contribution >= 0.6 is 11.3 Å². The maximum atomic E-state index is 5.67. The fourth-order valence-corrected chi connectivity index (χ4v) is 2.76. The molecule has 1 aromatic carbocycles. The molecule has 2 N–H and O–H groups in total. The summed E-state index contributed by atoms with van der Waals surface area (Å²) in [7, 11) is 0. The molecule has 1 heterocycles. The number of benzene rings is 1. The molecule has 0 saturated heterocycles. The minimum atomic E-state index is 0.442. The first-order chi connectivity index (χ1) is 10.7. The third-order valence-corrected chi connectivity index (χ3v) is 4.04. The summed E-state index contributed by atoms with van der Waals surface area (Å²) in [5.74, 6) is 0.701. The van der Waals surface area contributed by atoms with Crippen LogP contribution in [0.3, 0.4) is 0 Å². The number of hydrogen-bond acceptors (Lipinski definition) is 6. The summed E-state index contributed by atoms with van der Waals surface area (Å²) in [6, 6.07) is 8.40. The van der Waals surface area contributed by atoms with E-state index in [0.717, 1.165) is 18.7 Å². The van der Waals surface area contributed by atoms with Crippen LogP contribution in [0.1, 0.15) is 31.3 Å². The highest BCUT2D eigenvalue weighted by Gasteiger charge is 2.09. The van der Waals surface area contributed by atoms with E-state index in [0.29, 0.717) is 22.5 Å². The van der Waals surface area contributed by atoms with Gasteiger partial charge in [-0.15, -0.1) is 10.2 Å². The Morgan fingerprint density at radius 2 is 1.86 bits per heavy atom. The van der Waals surface area contributed by atoms with Crippen molar-refractivity contribution in [3.05, 3.63) is 34.8 Å². The molecule has 2 rings (SSSR count). The van der Waals surface area contributed by atoms with Crippen molar-refractivity contribution in [1.82, 2.24) is 10.2 Å². The Morgan fingerprint density at radius 3 is 2.36 bits per heavy atom. The average molecular weight is 318 g/mol. The monoisotopic (exact) mass is 318 g/mol. The zero-order valence-electron chi connectivity index (χ0n) is 13.2. The van der Waals surface area contributed by atoms with E-state index in [2.05, 4.69) is 53.2 Å². The van der Waals surface area contributed by atoms with Gasteiger partial charge in [0.25, 0.3) is 0 Å². The molecular weight excluding hydrogens is 296 g/mol. The maximum Gasteiger partial charge on any atom is 0.203 e. The van der Waals surface area contributed by atoms with Crippen molar-refractivity contribution in [2.24, 2.45) is 0 Å². The van der Waals surface area contributed by atoms with Crippen molar-refractivity contribution in [1.29, 1.82) is 0 Å². The van der Waals surface area contributed by atoms with Crippen molar-refractivity contribution < 1.29 is 4.74 Å². The molecule has 0 unspecified atom stereocenters. The maximum absolute atomic E-state index is 5.67. The van der Waals surface area contributed by atoms with Crippen LogP contribution in [0.2, 0.25) is 0 Å². The molecule has 0 aliphatic rings. The van der Waals surface area contributed by atoms with Crippen molar-refractivity contribution in [2.45, 2.75) is 20.8 Å². The second-order valence-corrected chi connectivity index (χ2v) is 5.66. The number of hydrogen-bond donors (Lipinski definition) is 1. The molecule has 1 aromatic heterocycles. The van der Waals surface area contributed by atoms with Gasteiger partial charge in [0.1, 0.15) is 0 Å². The number of ether oxygens (including phenoxy) is 1. The van der Waals surface area contributed by atoms with Gasteiger partial charge in [-0.05, 0) is 44.5 Å². The molecule has 5 nitrogen and oxygen atoms in total. The van der Waals surface area contributed by atoms with Gasteiger partial charge in [0.15, 0.2) is 10.8 Å². The molecule has 0 amide bonds. The smallest absolute Gasteiger partial charge is 0.203 e. The number of nitrogens with zero attached hydrogens (tertiary/aromatic N) is 3. The highest BCUT2D eigenvalue weighted by molar-refractivity contribution is 7.16. The van der Waals surface area contributed by atoms with Gasteiger partial charge in [0.05, 0.1) is 6.61 Å². The molecular formula is C16H22N4OS. The fraction of sp³-hybridized carbons (Fsp3) is 0.375. The van der Waals surface area contributed by atoms with E-state index in [4.69, 9.17) is 10.5 Å². The van der Waals surface area contributed by atoms with Crippen LogP contribution in [-0.2, 0) is 4.74 Å². The molecule has 6 heteroatoms. The van der Waals surface area contributed by atoms with Crippen LogP contribution in [0.25, 0.3) is 11.8 Å². The van der Waals surface area contributed by atoms with E-state index >= 15 is 0 Å². The summed E-state index contributed by atoms with van der Waals surface area (Å²) < 4.78 is 5.67. The van der Waals surface area contributed by atoms with Crippen LogP contribution in [0, 0.1) is 0 Å². The SMILES string of the molecule is CCO/C(=C\c1ccc(N(CC)CC)cc1)c1nnc(N)s1. The average Bonchev–Trinajstić information content (AvgIpc) is 2.96. The summed E-state index contributed by atoms with van der Waals surface area (Å²) >= 11 is 1.32. The molecule has 0 atom stereocenters. The Hall–Kier alpha value is -2.08. The Kier molecular flexibility index (Phi) is 5.77. The van der Waals surface area contributed by atoms with E-state index in [1.54, 1.807) is 0 Å². The van der Waals surface area contributed by atoms with Gasteiger partial charge in [-0.2, -0.15) is 0 Å². The minimum absolute atomic E-state index is 0.442. The van der Waals surface area contributed by atoms with Crippen LogP contribution in [0.4, 0.5) is 10.8 Å². The summed E-state index contributed by atoms with van der Waals surface area (Å²) in [4.78, 5) is 2.31. The standard InChI is InChI=1S/C16H22N4OS/c1-4-20(5-2)13-9-7-12(8-10-13)11-14(21-6-3)15-18-19-16(17)22-15/h7-11H,4-6H2,1-3H3,(H2,17,19)/b14-11-. The third kappa shape index (κ3) is 3.98. The molecule has 0 bridgehead atoms. The third-order valence-electron chi connectivity index (χ3n) is 3.27. The van der Waals surface area contributed by atoms with Crippen LogP contribution < -0.4 is 10.6 Å². The lowest BCUT2D eigenvalue weighted by molar-refractivity contribution is 0.300.